The predicted molar refractivity (Wildman–Crippen MR) is 135 cm³/mol. The molecule has 0 bridgehead atoms. The SMILES string of the molecule is CCC(C)C(NC(=O)c1cccc(C(F)(F)F)c1)C(=O)NCCC(c1ccccc1)c1ccccc1. The van der Waals surface area contributed by atoms with Crippen LogP contribution < -0.4 is 10.6 Å². The van der Waals surface area contributed by atoms with Crippen molar-refractivity contribution in [1.82, 2.24) is 10.6 Å². The van der Waals surface area contributed by atoms with Gasteiger partial charge in [-0.2, -0.15) is 13.2 Å². The molecule has 2 atom stereocenters. The molecule has 0 saturated carbocycles. The highest BCUT2D eigenvalue weighted by molar-refractivity contribution is 5.97. The quantitative estimate of drug-likeness (QED) is 0.352. The van der Waals surface area contributed by atoms with Gasteiger partial charge in [0.25, 0.3) is 5.91 Å². The van der Waals surface area contributed by atoms with Gasteiger partial charge in [0.15, 0.2) is 0 Å². The Hall–Kier alpha value is -3.61. The summed E-state index contributed by atoms with van der Waals surface area (Å²) in [5.74, 6) is -1.20. The second-order valence-electron chi connectivity index (χ2n) is 8.87. The molecule has 0 radical (unpaired) electrons. The molecular weight excluding hydrogens is 465 g/mol. The van der Waals surface area contributed by atoms with Gasteiger partial charge in [0.1, 0.15) is 6.04 Å². The van der Waals surface area contributed by atoms with Crippen molar-refractivity contribution in [2.24, 2.45) is 5.92 Å². The smallest absolute Gasteiger partial charge is 0.354 e. The average Bonchev–Trinajstić information content (AvgIpc) is 2.89. The summed E-state index contributed by atoms with van der Waals surface area (Å²) in [5, 5.41) is 5.57. The molecule has 3 aromatic carbocycles. The van der Waals surface area contributed by atoms with E-state index in [1.165, 1.54) is 12.1 Å². The second kappa shape index (κ2) is 12.4. The third-order valence-corrected chi connectivity index (χ3v) is 6.37. The Morgan fingerprint density at radius 3 is 1.97 bits per heavy atom. The van der Waals surface area contributed by atoms with Crippen LogP contribution in [0.25, 0.3) is 0 Å². The molecule has 4 nitrogen and oxygen atoms in total. The summed E-state index contributed by atoms with van der Waals surface area (Å²) in [6, 6.07) is 23.4. The van der Waals surface area contributed by atoms with Crippen LogP contribution in [-0.4, -0.2) is 24.4 Å². The Labute approximate surface area is 209 Å². The summed E-state index contributed by atoms with van der Waals surface area (Å²) in [4.78, 5) is 25.8. The fourth-order valence-electron chi connectivity index (χ4n) is 4.11. The highest BCUT2D eigenvalue weighted by Crippen LogP contribution is 2.30. The van der Waals surface area contributed by atoms with E-state index in [4.69, 9.17) is 0 Å². The number of rotatable bonds is 10. The van der Waals surface area contributed by atoms with Gasteiger partial charge in [0, 0.05) is 18.0 Å². The minimum absolute atomic E-state index is 0.0782. The van der Waals surface area contributed by atoms with E-state index >= 15 is 0 Å². The van der Waals surface area contributed by atoms with Gasteiger partial charge in [-0.25, -0.2) is 0 Å². The maximum atomic E-state index is 13.1. The van der Waals surface area contributed by atoms with Crippen LogP contribution in [0.15, 0.2) is 84.9 Å². The van der Waals surface area contributed by atoms with E-state index in [0.29, 0.717) is 19.4 Å². The molecule has 3 rings (SSSR count). The van der Waals surface area contributed by atoms with E-state index in [1.807, 2.05) is 50.2 Å². The molecule has 2 amide bonds. The van der Waals surface area contributed by atoms with Crippen LogP contribution in [0.4, 0.5) is 13.2 Å². The van der Waals surface area contributed by atoms with E-state index in [1.54, 1.807) is 0 Å². The molecular formula is C29H31F3N2O2. The first-order valence-electron chi connectivity index (χ1n) is 12.1. The maximum Gasteiger partial charge on any atom is 0.416 e. The normalized spacial score (nSPS) is 13.2. The molecule has 0 saturated heterocycles. The fraction of sp³-hybridized carbons (Fsp3) is 0.310. The maximum absolute atomic E-state index is 13.1. The van der Waals surface area contributed by atoms with Gasteiger partial charge < -0.3 is 10.6 Å². The monoisotopic (exact) mass is 496 g/mol. The number of halogens is 3. The van der Waals surface area contributed by atoms with Crippen LogP contribution in [-0.2, 0) is 11.0 Å². The van der Waals surface area contributed by atoms with Crippen molar-refractivity contribution in [3.8, 4) is 0 Å². The van der Waals surface area contributed by atoms with E-state index < -0.39 is 23.7 Å². The first-order chi connectivity index (χ1) is 17.2. The van der Waals surface area contributed by atoms with Crippen LogP contribution in [0.3, 0.4) is 0 Å². The molecule has 0 fully saturated rings. The first kappa shape index (κ1) is 27.0. The molecule has 0 aliphatic carbocycles. The molecule has 0 aromatic heterocycles. The minimum atomic E-state index is -4.56. The first-order valence-corrected chi connectivity index (χ1v) is 12.1. The molecule has 0 heterocycles. The molecule has 3 aromatic rings. The van der Waals surface area contributed by atoms with Crippen LogP contribution >= 0.6 is 0 Å². The van der Waals surface area contributed by atoms with Gasteiger partial charge in [0.05, 0.1) is 5.56 Å². The van der Waals surface area contributed by atoms with Gasteiger partial charge in [0.2, 0.25) is 5.91 Å². The lowest BCUT2D eigenvalue weighted by atomic mass is 9.88. The molecule has 2 N–H and O–H groups in total. The van der Waals surface area contributed by atoms with Crippen molar-refractivity contribution in [3.63, 3.8) is 0 Å². The zero-order chi connectivity index (χ0) is 26.1. The number of amides is 2. The predicted octanol–water partition coefficient (Wildman–Crippen LogP) is 6.19. The summed E-state index contributed by atoms with van der Waals surface area (Å²) in [6.07, 6.45) is -3.30. The lowest BCUT2D eigenvalue weighted by Gasteiger charge is -2.25. The number of hydrogen-bond donors (Lipinski definition) is 2. The lowest BCUT2D eigenvalue weighted by molar-refractivity contribution is -0.137. The number of carbonyl (C=O) groups is 2. The number of carbonyl (C=O) groups excluding carboxylic acids is 2. The minimum Gasteiger partial charge on any atom is -0.354 e. The van der Waals surface area contributed by atoms with Crippen molar-refractivity contribution >= 4 is 11.8 Å². The zero-order valence-corrected chi connectivity index (χ0v) is 20.4. The Bertz CT molecular complexity index is 1090. The van der Waals surface area contributed by atoms with Gasteiger partial charge in [-0.15, -0.1) is 0 Å². The van der Waals surface area contributed by atoms with E-state index in [2.05, 4.69) is 34.9 Å². The Morgan fingerprint density at radius 2 is 1.44 bits per heavy atom. The summed E-state index contributed by atoms with van der Waals surface area (Å²) in [5.41, 5.74) is 1.22. The third kappa shape index (κ3) is 7.20. The number of alkyl halides is 3. The van der Waals surface area contributed by atoms with Crippen molar-refractivity contribution in [3.05, 3.63) is 107 Å². The van der Waals surface area contributed by atoms with E-state index in [-0.39, 0.29) is 23.3 Å². The molecule has 0 aliphatic rings. The van der Waals surface area contributed by atoms with Crippen LogP contribution in [0.5, 0.6) is 0 Å². The summed E-state index contributed by atoms with van der Waals surface area (Å²) in [6.45, 7) is 4.09. The topological polar surface area (TPSA) is 58.2 Å². The fourth-order valence-corrected chi connectivity index (χ4v) is 4.11. The molecule has 7 heteroatoms. The van der Waals surface area contributed by atoms with Gasteiger partial charge in [-0.05, 0) is 41.7 Å². The highest BCUT2D eigenvalue weighted by Gasteiger charge is 2.32. The molecule has 0 spiro atoms. The number of hydrogen-bond acceptors (Lipinski definition) is 2. The Balaban J connectivity index is 1.69. The molecule has 2 unspecified atom stereocenters. The average molecular weight is 497 g/mol. The Morgan fingerprint density at radius 1 is 0.861 bits per heavy atom. The summed E-state index contributed by atoms with van der Waals surface area (Å²) in [7, 11) is 0. The van der Waals surface area contributed by atoms with Crippen molar-refractivity contribution in [2.45, 2.75) is 44.8 Å². The van der Waals surface area contributed by atoms with E-state index in [0.717, 1.165) is 23.3 Å². The number of nitrogens with one attached hydrogen (secondary N) is 2. The van der Waals surface area contributed by atoms with Crippen LogP contribution in [0.1, 0.15) is 59.7 Å². The van der Waals surface area contributed by atoms with Gasteiger partial charge in [-0.3, -0.25) is 9.59 Å². The van der Waals surface area contributed by atoms with Crippen molar-refractivity contribution < 1.29 is 22.8 Å². The van der Waals surface area contributed by atoms with Crippen molar-refractivity contribution in [2.75, 3.05) is 6.54 Å². The lowest BCUT2D eigenvalue weighted by Crippen LogP contribution is -2.50. The van der Waals surface area contributed by atoms with Gasteiger partial charge in [-0.1, -0.05) is 87.0 Å². The second-order valence-corrected chi connectivity index (χ2v) is 8.87. The largest absolute Gasteiger partial charge is 0.416 e. The van der Waals surface area contributed by atoms with Crippen LogP contribution in [0.2, 0.25) is 0 Å². The molecule has 190 valence electrons. The van der Waals surface area contributed by atoms with Gasteiger partial charge >= 0.3 is 6.18 Å². The van der Waals surface area contributed by atoms with E-state index in [9.17, 15) is 22.8 Å². The summed E-state index contributed by atoms with van der Waals surface area (Å²) >= 11 is 0. The summed E-state index contributed by atoms with van der Waals surface area (Å²) < 4.78 is 39.2. The molecule has 0 aliphatic heterocycles. The Kier molecular flexibility index (Phi) is 9.28. The standard InChI is InChI=1S/C29H31F3N2O2/c1-3-20(2)26(34-27(35)23-15-10-16-24(19-23)29(30,31)32)28(36)33-18-17-25(21-11-6-4-7-12-21)22-13-8-5-9-14-22/h4-16,19-20,25-26H,3,17-18H2,1-2H3,(H,33,36)(H,34,35). The highest BCUT2D eigenvalue weighted by atomic mass is 19.4. The van der Waals surface area contributed by atoms with Crippen molar-refractivity contribution in [1.29, 1.82) is 0 Å². The number of benzene rings is 3. The van der Waals surface area contributed by atoms with Crippen LogP contribution in [0, 0.1) is 5.92 Å². The zero-order valence-electron chi connectivity index (χ0n) is 20.4. The molecule has 36 heavy (non-hydrogen) atoms. The third-order valence-electron chi connectivity index (χ3n) is 6.37.